The van der Waals surface area contributed by atoms with Gasteiger partial charge in [0.1, 0.15) is 0 Å². The summed E-state index contributed by atoms with van der Waals surface area (Å²) in [5.41, 5.74) is 56.0. The van der Waals surface area contributed by atoms with Gasteiger partial charge in [0, 0.05) is 37.9 Å². The van der Waals surface area contributed by atoms with Crippen LogP contribution in [-0.4, -0.2) is 0 Å². The maximum Gasteiger partial charge on any atom is 0.0215 e. The molecule has 0 heterocycles. The normalized spacial score (nSPS) is 15.8. The van der Waals surface area contributed by atoms with Crippen molar-refractivity contribution in [2.45, 2.75) is 322 Å². The van der Waals surface area contributed by atoms with Crippen molar-refractivity contribution in [3.8, 4) is 145 Å². The van der Waals surface area contributed by atoms with Gasteiger partial charge in [0.15, 0.2) is 0 Å². The van der Waals surface area contributed by atoms with Gasteiger partial charge in [-0.2, -0.15) is 0 Å². The molecule has 0 saturated carbocycles. The average Bonchev–Trinajstić information content (AvgIpc) is 1.52. The fourth-order valence-corrected chi connectivity index (χ4v) is 28.8. The van der Waals surface area contributed by atoms with Crippen LogP contribution in [0.2, 0.25) is 0 Å². The molecule has 0 fully saturated rings. The van der Waals surface area contributed by atoms with Gasteiger partial charge in [-0.05, 0) is 362 Å². The molecule has 16 aromatic carbocycles. The van der Waals surface area contributed by atoms with Crippen LogP contribution in [0.4, 0.5) is 0 Å². The van der Waals surface area contributed by atoms with E-state index < -0.39 is 0 Å². The van der Waals surface area contributed by atoms with E-state index in [9.17, 15) is 0 Å². The van der Waals surface area contributed by atoms with Crippen molar-refractivity contribution in [1.29, 1.82) is 0 Å². The summed E-state index contributed by atoms with van der Waals surface area (Å²) in [7, 11) is 0. The molecule has 142 heavy (non-hydrogen) atoms. The van der Waals surface area contributed by atoms with E-state index in [1.807, 2.05) is 0 Å². The van der Waals surface area contributed by atoms with E-state index in [2.05, 4.69) is 389 Å². The lowest BCUT2D eigenvalue weighted by molar-refractivity contribution is 0.398. The molecule has 0 radical (unpaired) electrons. The first kappa shape index (κ1) is 93.7. The number of benzene rings is 16. The van der Waals surface area contributed by atoms with E-state index in [-0.39, 0.29) is 37.9 Å². The summed E-state index contributed by atoms with van der Waals surface area (Å²) >= 11 is 0. The van der Waals surface area contributed by atoms with E-state index in [4.69, 9.17) is 0 Å². The molecule has 0 aromatic heterocycles. The van der Waals surface area contributed by atoms with Gasteiger partial charge in [-0.3, -0.25) is 0 Å². The third-order valence-electron chi connectivity index (χ3n) is 37.0. The zero-order valence-electron chi connectivity index (χ0n) is 87.9. The van der Waals surface area contributed by atoms with E-state index in [0.717, 1.165) is 0 Å². The van der Waals surface area contributed by atoms with Crippen molar-refractivity contribution in [1.82, 2.24) is 0 Å². The zero-order valence-corrected chi connectivity index (χ0v) is 87.9. The molecule has 716 valence electrons. The Balaban J connectivity index is 0.543. The summed E-state index contributed by atoms with van der Waals surface area (Å²) in [5, 5.41) is 5.32. The van der Waals surface area contributed by atoms with E-state index in [1.54, 1.807) is 22.3 Å². The molecular weight excluding hydrogens is 1710 g/mol. The molecule has 0 amide bonds. The highest BCUT2D eigenvalue weighted by Gasteiger charge is 2.50. The van der Waals surface area contributed by atoms with Gasteiger partial charge in [-0.15, -0.1) is 0 Å². The highest BCUT2D eigenvalue weighted by Crippen LogP contribution is 2.66. The fraction of sp³-hybridized carbons (Fsp3) is 0.352. The van der Waals surface area contributed by atoms with E-state index >= 15 is 0 Å². The van der Waals surface area contributed by atoms with Crippen LogP contribution in [0.3, 0.4) is 0 Å². The summed E-state index contributed by atoms with van der Waals surface area (Å²) in [6, 6.07) is 116. The third kappa shape index (κ3) is 15.3. The first-order chi connectivity index (χ1) is 68.9. The van der Waals surface area contributed by atoms with Crippen LogP contribution in [0.15, 0.2) is 285 Å². The summed E-state index contributed by atoms with van der Waals surface area (Å²) in [6.07, 6.45) is 36.2. The minimum atomic E-state index is -0.278. The second-order valence-electron chi connectivity index (χ2n) is 47.3. The van der Waals surface area contributed by atoms with Crippen LogP contribution < -0.4 is 0 Å². The van der Waals surface area contributed by atoms with Crippen LogP contribution in [0.1, 0.15) is 360 Å². The molecule has 0 unspecified atom stereocenters. The first-order valence-electron chi connectivity index (χ1n) is 55.7. The largest absolute Gasteiger partial charge is 0.0654 e. The van der Waals surface area contributed by atoms with Gasteiger partial charge in [0.05, 0.1) is 0 Å². The molecule has 0 nitrogen and oxygen atoms in total. The maximum absolute atomic E-state index is 2.68. The smallest absolute Gasteiger partial charge is 0.0215 e. The minimum Gasteiger partial charge on any atom is -0.0654 e. The molecule has 0 saturated heterocycles. The quantitative estimate of drug-likeness (QED) is 0.0353. The van der Waals surface area contributed by atoms with Crippen LogP contribution in [0.25, 0.3) is 166 Å². The van der Waals surface area contributed by atoms with Crippen LogP contribution in [0, 0.1) is 6.92 Å². The molecule has 7 aliphatic rings. The first-order valence-corrected chi connectivity index (χ1v) is 55.7. The Bertz CT molecular complexity index is 7470. The monoisotopic (exact) mass is 1850 g/mol. The lowest BCUT2D eigenvalue weighted by Crippen LogP contribution is -2.25. The Kier molecular flexibility index (Phi) is 24.2. The van der Waals surface area contributed by atoms with Crippen molar-refractivity contribution in [3.05, 3.63) is 369 Å². The summed E-state index contributed by atoms with van der Waals surface area (Å²) in [6.45, 7) is 36.7. The van der Waals surface area contributed by atoms with Crippen molar-refractivity contribution in [3.63, 3.8) is 0 Å². The highest BCUT2D eigenvalue weighted by molar-refractivity contribution is 6.13. The number of rotatable bonds is 34. The number of aryl methyl sites for hydroxylation is 1. The molecular formula is C142H148. The minimum absolute atomic E-state index is 0.0391. The molecule has 7 aliphatic carbocycles. The van der Waals surface area contributed by atoms with Crippen molar-refractivity contribution in [2.24, 2.45) is 0 Å². The molecule has 23 rings (SSSR count). The standard InChI is InChI=1S/C142H148/c1-16-20-24-28-32-43-73-141(74-44-33-29-25-21-17-2)128-79-94(92-47-37-36-38-48-92)57-67-108(128)110-69-61-98(81-130(110)141)96-59-65-104-106-71-63-100(83-122(106)136(6,7)120(104)77-96)114-85-132-134(112-51-41-39-49-102(112)114)118-89-124-116(87-126(118)139(132,12)13)117-88-127-119(90-125(117)138(124,10)11)135-113-52-42-40-50-103(113)115(86-133(135)140(127,14)15)101-64-72-107-105-66-60-97(78-121(105)137(8,9)123(107)84-101)99-62-70-111-109-68-58-95(93-55-53-91(5)54-56-93)80-129(109)142(131(111)82-99,75-45-34-30-26-22-18-3)76-46-35-31-27-23-19-4/h36-42,47-72,77-90H,16-35,43-46,73-76H2,1-15H3. The number of fused-ring (bicyclic) bond motifs is 25. The second kappa shape index (κ2) is 36.7. The SMILES string of the molecule is CCCCCCCCC1(CCCCCCCC)c2cc(-c3ccccc3)ccc2-c2ccc(-c3ccc4c(c3)C(C)(C)c3cc(-c5cc6c(c7ccccc57)-c5cc7c(cc5C6(C)C)-c5cc6c(cc5C7(C)C)-c5c(cc(-c7ccc8c(c7)C(C)(C)c7cc(-c9ccc%10c(c9)C(CCCCCCCC)(CCCCCCCC)c9cc(-c%11ccc(C)cc%11)ccc9-%10)ccc7-8)c7ccccc57)C6(C)C)ccc3-4)cc21. The Morgan fingerprint density at radius 2 is 0.366 bits per heavy atom. The van der Waals surface area contributed by atoms with Gasteiger partial charge in [0.2, 0.25) is 0 Å². The van der Waals surface area contributed by atoms with Gasteiger partial charge < -0.3 is 0 Å². The van der Waals surface area contributed by atoms with Gasteiger partial charge >= 0.3 is 0 Å². The van der Waals surface area contributed by atoms with Gasteiger partial charge in [-0.1, -0.05) is 457 Å². The van der Waals surface area contributed by atoms with E-state index in [0.29, 0.717) is 0 Å². The molecule has 0 heteroatoms. The topological polar surface area (TPSA) is 0 Å². The summed E-state index contributed by atoms with van der Waals surface area (Å²) in [5.74, 6) is 0. The predicted molar refractivity (Wildman–Crippen MR) is 611 cm³/mol. The molecule has 16 aromatic rings. The number of unbranched alkanes of at least 4 members (excludes halogenated alkanes) is 20. The van der Waals surface area contributed by atoms with Gasteiger partial charge in [0.25, 0.3) is 0 Å². The highest BCUT2D eigenvalue weighted by atomic mass is 14.5. The Morgan fingerprint density at radius 1 is 0.155 bits per heavy atom. The Morgan fingerprint density at radius 3 is 0.683 bits per heavy atom. The summed E-state index contributed by atoms with van der Waals surface area (Å²) < 4.78 is 0. The van der Waals surface area contributed by atoms with Crippen LogP contribution in [-0.2, 0) is 37.9 Å². The second-order valence-corrected chi connectivity index (χ2v) is 47.3. The van der Waals surface area contributed by atoms with Crippen LogP contribution in [0.5, 0.6) is 0 Å². The fourth-order valence-electron chi connectivity index (χ4n) is 28.8. The molecule has 0 bridgehead atoms. The molecule has 0 aliphatic heterocycles. The van der Waals surface area contributed by atoms with Crippen molar-refractivity contribution in [2.75, 3.05) is 0 Å². The lowest BCUT2D eigenvalue weighted by Gasteiger charge is -2.33. The summed E-state index contributed by atoms with van der Waals surface area (Å²) in [4.78, 5) is 0. The van der Waals surface area contributed by atoms with Crippen LogP contribution >= 0.6 is 0 Å². The zero-order chi connectivity index (χ0) is 97.5. The third-order valence-corrected chi connectivity index (χ3v) is 37.0. The van der Waals surface area contributed by atoms with Crippen molar-refractivity contribution >= 4 is 21.5 Å². The lowest BCUT2D eigenvalue weighted by atomic mass is 9.70. The average molecular weight is 1850 g/mol. The Hall–Kier alpha value is -12.0. The number of hydrogen-bond donors (Lipinski definition) is 0. The number of hydrogen-bond acceptors (Lipinski definition) is 0. The maximum atomic E-state index is 2.68. The molecule has 0 N–H and O–H groups in total. The molecule has 0 spiro atoms. The molecule has 0 atom stereocenters. The predicted octanol–water partition coefficient (Wildman–Crippen LogP) is 41.4. The van der Waals surface area contributed by atoms with Crippen molar-refractivity contribution < 1.29 is 0 Å². The Labute approximate surface area is 850 Å². The van der Waals surface area contributed by atoms with Gasteiger partial charge in [-0.25, -0.2) is 0 Å². The van der Waals surface area contributed by atoms with E-state index in [1.165, 1.54) is 407 Å².